The number of carbonyl (C=O) groups is 1. The van der Waals surface area contributed by atoms with Crippen LogP contribution in [0.3, 0.4) is 0 Å². The summed E-state index contributed by atoms with van der Waals surface area (Å²) in [5.74, 6) is 0.125. The van der Waals surface area contributed by atoms with E-state index < -0.39 is 0 Å². The van der Waals surface area contributed by atoms with Gasteiger partial charge in [0, 0.05) is 10.6 Å². The Balaban J connectivity index is 1.75. The highest BCUT2D eigenvalue weighted by molar-refractivity contribution is 6.30. The lowest BCUT2D eigenvalue weighted by Gasteiger charge is -1.99. The van der Waals surface area contributed by atoms with Crippen molar-refractivity contribution in [2.24, 2.45) is 0 Å². The molecule has 1 saturated heterocycles. The molecule has 0 bridgehead atoms. The van der Waals surface area contributed by atoms with Crippen LogP contribution < -0.4 is 5.32 Å². The molecule has 18 heavy (non-hydrogen) atoms. The molecule has 0 amide bonds. The number of Topliss-reactive ketones (excluding diaryl/α,β-unsaturated/α-hetero) is 1. The zero-order valence-electron chi connectivity index (χ0n) is 9.64. The van der Waals surface area contributed by atoms with Crippen molar-refractivity contribution in [1.29, 1.82) is 0 Å². The Labute approximate surface area is 111 Å². The summed E-state index contributed by atoms with van der Waals surface area (Å²) in [6.45, 7) is 0. The molecule has 1 aliphatic heterocycles. The lowest BCUT2D eigenvalue weighted by atomic mass is 10.0. The maximum atomic E-state index is 12.2. The molecule has 0 aromatic heterocycles. The van der Waals surface area contributed by atoms with Crippen molar-refractivity contribution in [2.75, 3.05) is 0 Å². The molecule has 2 aromatic carbocycles. The molecule has 0 spiro atoms. The minimum Gasteiger partial charge on any atom is -0.297 e. The molecule has 0 aliphatic carbocycles. The molecule has 3 heteroatoms. The maximum Gasteiger partial charge on any atom is 0.181 e. The highest BCUT2D eigenvalue weighted by atomic mass is 35.5. The average Bonchev–Trinajstić information content (AvgIpc) is 3.20. The zero-order chi connectivity index (χ0) is 12.5. The summed E-state index contributed by atoms with van der Waals surface area (Å²) in [5, 5.41) is 3.86. The molecule has 2 nitrogen and oxygen atoms in total. The van der Waals surface area contributed by atoms with Gasteiger partial charge in [0.1, 0.15) is 0 Å². The van der Waals surface area contributed by atoms with Gasteiger partial charge in [-0.25, -0.2) is 0 Å². The van der Waals surface area contributed by atoms with Crippen LogP contribution in [0.5, 0.6) is 0 Å². The Morgan fingerprint density at radius 2 is 1.67 bits per heavy atom. The molecule has 2 aromatic rings. The summed E-state index contributed by atoms with van der Waals surface area (Å²) in [7, 11) is 0. The topological polar surface area (TPSA) is 39.0 Å². The SMILES string of the molecule is O=C(c1ccc(Cl)cc1)[C@@H]1N[C@H]1c1ccccc1. The number of rotatable bonds is 3. The summed E-state index contributed by atoms with van der Waals surface area (Å²) in [6, 6.07) is 17.1. The van der Waals surface area contributed by atoms with E-state index in [-0.39, 0.29) is 17.9 Å². The number of carbonyl (C=O) groups excluding carboxylic acids is 1. The predicted octanol–water partition coefficient (Wildman–Crippen LogP) is 3.24. The van der Waals surface area contributed by atoms with E-state index in [2.05, 4.69) is 5.32 Å². The Morgan fingerprint density at radius 1 is 1.00 bits per heavy atom. The Bertz CT molecular complexity index is 565. The summed E-state index contributed by atoms with van der Waals surface area (Å²) >= 11 is 5.81. The summed E-state index contributed by atoms with van der Waals surface area (Å²) in [5.41, 5.74) is 1.86. The second-order valence-corrected chi connectivity index (χ2v) is 4.84. The van der Waals surface area contributed by atoms with Gasteiger partial charge >= 0.3 is 0 Å². The van der Waals surface area contributed by atoms with E-state index in [1.165, 1.54) is 0 Å². The van der Waals surface area contributed by atoms with Gasteiger partial charge in [0.05, 0.1) is 12.1 Å². The first-order valence-electron chi connectivity index (χ1n) is 5.86. The van der Waals surface area contributed by atoms with Gasteiger partial charge in [-0.15, -0.1) is 0 Å². The van der Waals surface area contributed by atoms with Crippen LogP contribution in [-0.4, -0.2) is 11.8 Å². The van der Waals surface area contributed by atoms with Gasteiger partial charge in [0.2, 0.25) is 0 Å². The number of ketones is 1. The van der Waals surface area contributed by atoms with E-state index in [1.807, 2.05) is 30.3 Å². The smallest absolute Gasteiger partial charge is 0.181 e. The fourth-order valence-electron chi connectivity index (χ4n) is 2.11. The van der Waals surface area contributed by atoms with Crippen molar-refractivity contribution >= 4 is 17.4 Å². The van der Waals surface area contributed by atoms with Gasteiger partial charge in [-0.2, -0.15) is 0 Å². The minimum absolute atomic E-state index is 0.103. The fourth-order valence-corrected chi connectivity index (χ4v) is 2.23. The van der Waals surface area contributed by atoms with Gasteiger partial charge in [0.15, 0.2) is 5.78 Å². The van der Waals surface area contributed by atoms with Crippen LogP contribution in [0, 0.1) is 0 Å². The summed E-state index contributed by atoms with van der Waals surface area (Å²) in [6.07, 6.45) is 0. The molecule has 1 fully saturated rings. The van der Waals surface area contributed by atoms with Gasteiger partial charge in [-0.05, 0) is 29.8 Å². The van der Waals surface area contributed by atoms with Crippen LogP contribution in [0.1, 0.15) is 22.0 Å². The Hall–Kier alpha value is -1.64. The van der Waals surface area contributed by atoms with Crippen LogP contribution in [0.25, 0.3) is 0 Å². The van der Waals surface area contributed by atoms with E-state index in [4.69, 9.17) is 11.6 Å². The molecule has 1 N–H and O–H groups in total. The van der Waals surface area contributed by atoms with Gasteiger partial charge < -0.3 is 0 Å². The Kier molecular flexibility index (Phi) is 2.90. The molecule has 3 rings (SSSR count). The highest BCUT2D eigenvalue weighted by Gasteiger charge is 2.43. The van der Waals surface area contributed by atoms with E-state index in [1.54, 1.807) is 24.3 Å². The number of halogens is 1. The van der Waals surface area contributed by atoms with Crippen LogP contribution in [0.15, 0.2) is 54.6 Å². The largest absolute Gasteiger partial charge is 0.297 e. The van der Waals surface area contributed by atoms with Crippen LogP contribution in [-0.2, 0) is 0 Å². The number of nitrogens with one attached hydrogen (secondary N) is 1. The van der Waals surface area contributed by atoms with Gasteiger partial charge in [0.25, 0.3) is 0 Å². The van der Waals surface area contributed by atoms with Crippen LogP contribution in [0.4, 0.5) is 0 Å². The van der Waals surface area contributed by atoms with Crippen LogP contribution in [0.2, 0.25) is 5.02 Å². The second-order valence-electron chi connectivity index (χ2n) is 4.40. The van der Waals surface area contributed by atoms with Crippen LogP contribution >= 0.6 is 11.6 Å². The quantitative estimate of drug-likeness (QED) is 0.677. The first-order chi connectivity index (χ1) is 8.75. The average molecular weight is 258 g/mol. The van der Waals surface area contributed by atoms with Crippen molar-refractivity contribution in [1.82, 2.24) is 5.32 Å². The Morgan fingerprint density at radius 3 is 2.33 bits per heavy atom. The lowest BCUT2D eigenvalue weighted by Crippen LogP contribution is -2.10. The van der Waals surface area contributed by atoms with E-state index in [0.29, 0.717) is 10.6 Å². The second kappa shape index (κ2) is 4.56. The highest BCUT2D eigenvalue weighted by Crippen LogP contribution is 2.31. The number of benzene rings is 2. The standard InChI is InChI=1S/C15H12ClNO/c16-12-8-6-11(7-9-12)15(18)14-13(17-14)10-4-2-1-3-5-10/h1-9,13-14,17H/t13-,14+/m0/s1. The van der Waals surface area contributed by atoms with E-state index >= 15 is 0 Å². The number of hydrogen-bond acceptors (Lipinski definition) is 2. The maximum absolute atomic E-state index is 12.2. The van der Waals surface area contributed by atoms with E-state index in [0.717, 1.165) is 5.56 Å². The van der Waals surface area contributed by atoms with Gasteiger partial charge in [-0.3, -0.25) is 10.1 Å². The zero-order valence-corrected chi connectivity index (χ0v) is 10.4. The van der Waals surface area contributed by atoms with Crippen molar-refractivity contribution < 1.29 is 4.79 Å². The molecular weight excluding hydrogens is 246 g/mol. The summed E-state index contributed by atoms with van der Waals surface area (Å²) in [4.78, 5) is 12.2. The third-order valence-electron chi connectivity index (χ3n) is 3.15. The van der Waals surface area contributed by atoms with Crippen molar-refractivity contribution in [3.8, 4) is 0 Å². The fraction of sp³-hybridized carbons (Fsp3) is 0.133. The monoisotopic (exact) mass is 257 g/mol. The third kappa shape index (κ3) is 2.17. The van der Waals surface area contributed by atoms with E-state index in [9.17, 15) is 4.79 Å². The molecule has 90 valence electrons. The van der Waals surface area contributed by atoms with Crippen molar-refractivity contribution in [3.63, 3.8) is 0 Å². The first kappa shape index (κ1) is 11.5. The predicted molar refractivity (Wildman–Crippen MR) is 71.9 cm³/mol. The first-order valence-corrected chi connectivity index (χ1v) is 6.24. The molecule has 0 unspecified atom stereocenters. The normalized spacial score (nSPS) is 21.6. The van der Waals surface area contributed by atoms with Gasteiger partial charge in [-0.1, -0.05) is 41.9 Å². The molecule has 0 radical (unpaired) electrons. The molecule has 1 aliphatic rings. The molecule has 2 atom stereocenters. The molecule has 0 saturated carbocycles. The summed E-state index contributed by atoms with van der Waals surface area (Å²) < 4.78 is 0. The molecular formula is C15H12ClNO. The molecule has 1 heterocycles. The third-order valence-corrected chi connectivity index (χ3v) is 3.41. The number of hydrogen-bond donors (Lipinski definition) is 1. The van der Waals surface area contributed by atoms with Crippen molar-refractivity contribution in [3.05, 3.63) is 70.7 Å². The lowest BCUT2D eigenvalue weighted by molar-refractivity contribution is 0.0988. The minimum atomic E-state index is -0.103. The van der Waals surface area contributed by atoms with Crippen molar-refractivity contribution in [2.45, 2.75) is 12.1 Å².